The number of ether oxygens (including phenoxy) is 1. The number of alkyl halides is 3. The summed E-state index contributed by atoms with van der Waals surface area (Å²) in [6.07, 6.45) is 2.46. The first-order valence-corrected chi connectivity index (χ1v) is 11.1. The first-order valence-electron chi connectivity index (χ1n) is 11.1. The molecule has 4 heterocycles. The number of anilines is 1. The standard InChI is InChI=1S/C20H26N6O.C2HF3O2/c1-15-9-19(26-20(23-15)21-14-22-26)25-11-17(6-8-27-13-16-4-5-16)10-24-7-2-3-18(24)12-25;3-2(4,5)1(6)7/h2-3,7,9,14,16-17H,4-6,8,10-13H2,1H3;(H,6,7). The summed E-state index contributed by atoms with van der Waals surface area (Å²) in [5.41, 5.74) is 2.30. The molecule has 0 amide bonds. The Hall–Kier alpha value is -3.15. The second-order valence-corrected chi connectivity index (χ2v) is 8.74. The number of carboxylic acids is 1. The van der Waals surface area contributed by atoms with E-state index >= 15 is 0 Å². The smallest absolute Gasteiger partial charge is 0.475 e. The van der Waals surface area contributed by atoms with Crippen LogP contribution in [-0.4, -0.2) is 61.2 Å². The molecule has 0 spiro atoms. The Morgan fingerprint density at radius 3 is 2.74 bits per heavy atom. The Labute approximate surface area is 194 Å². The van der Waals surface area contributed by atoms with Crippen LogP contribution in [0.1, 0.15) is 30.7 Å². The first-order chi connectivity index (χ1) is 16.2. The molecule has 3 aromatic rings. The van der Waals surface area contributed by atoms with E-state index in [2.05, 4.69) is 48.9 Å². The maximum absolute atomic E-state index is 10.6. The van der Waals surface area contributed by atoms with Crippen molar-refractivity contribution in [2.45, 2.75) is 45.5 Å². The lowest BCUT2D eigenvalue weighted by molar-refractivity contribution is -0.192. The fourth-order valence-corrected chi connectivity index (χ4v) is 3.96. The number of rotatable bonds is 6. The van der Waals surface area contributed by atoms with Crippen LogP contribution in [0.3, 0.4) is 0 Å². The molecule has 0 bridgehead atoms. The average molecular weight is 480 g/mol. The van der Waals surface area contributed by atoms with Gasteiger partial charge in [0.15, 0.2) is 0 Å². The van der Waals surface area contributed by atoms with Gasteiger partial charge in [-0.25, -0.2) is 9.78 Å². The Kier molecular flexibility index (Phi) is 7.05. The van der Waals surface area contributed by atoms with Gasteiger partial charge in [-0.05, 0) is 50.2 Å². The van der Waals surface area contributed by atoms with Crippen molar-refractivity contribution in [3.8, 4) is 0 Å². The molecule has 12 heteroatoms. The van der Waals surface area contributed by atoms with Gasteiger partial charge in [0.2, 0.25) is 0 Å². The third kappa shape index (κ3) is 6.04. The number of carboxylic acid groups (broad SMARTS) is 1. The van der Waals surface area contributed by atoms with Gasteiger partial charge in [0, 0.05) is 50.0 Å². The molecule has 3 aromatic heterocycles. The van der Waals surface area contributed by atoms with Crippen molar-refractivity contribution < 1.29 is 27.8 Å². The monoisotopic (exact) mass is 480 g/mol. The predicted octanol–water partition coefficient (Wildman–Crippen LogP) is 3.32. The fourth-order valence-electron chi connectivity index (χ4n) is 3.96. The topological polar surface area (TPSA) is 97.8 Å². The van der Waals surface area contributed by atoms with Gasteiger partial charge in [-0.3, -0.25) is 0 Å². The van der Waals surface area contributed by atoms with Crippen LogP contribution in [-0.2, 0) is 22.6 Å². The number of hydrogen-bond donors (Lipinski definition) is 1. The first kappa shape index (κ1) is 24.0. The van der Waals surface area contributed by atoms with Gasteiger partial charge in [-0.1, -0.05) is 0 Å². The van der Waals surface area contributed by atoms with E-state index in [9.17, 15) is 13.2 Å². The summed E-state index contributed by atoms with van der Waals surface area (Å²) in [6.45, 7) is 6.68. The van der Waals surface area contributed by atoms with E-state index < -0.39 is 12.1 Å². The van der Waals surface area contributed by atoms with Crippen LogP contribution in [0.15, 0.2) is 30.7 Å². The largest absolute Gasteiger partial charge is 0.490 e. The molecule has 1 unspecified atom stereocenters. The minimum Gasteiger partial charge on any atom is -0.475 e. The Bertz CT molecular complexity index is 1120. The normalized spacial score (nSPS) is 18.2. The van der Waals surface area contributed by atoms with Gasteiger partial charge < -0.3 is 19.3 Å². The summed E-state index contributed by atoms with van der Waals surface area (Å²) in [5, 5.41) is 11.5. The van der Waals surface area contributed by atoms with Crippen molar-refractivity contribution in [2.75, 3.05) is 24.7 Å². The maximum atomic E-state index is 10.6. The average Bonchev–Trinajstić information content (AvgIpc) is 3.36. The maximum Gasteiger partial charge on any atom is 0.490 e. The van der Waals surface area contributed by atoms with Gasteiger partial charge in [0.05, 0.1) is 6.54 Å². The van der Waals surface area contributed by atoms with Crippen molar-refractivity contribution in [1.29, 1.82) is 0 Å². The highest BCUT2D eigenvalue weighted by Gasteiger charge is 2.38. The van der Waals surface area contributed by atoms with Crippen molar-refractivity contribution >= 4 is 17.6 Å². The van der Waals surface area contributed by atoms with Crippen LogP contribution in [0.2, 0.25) is 0 Å². The number of aromatic nitrogens is 5. The summed E-state index contributed by atoms with van der Waals surface area (Å²) in [7, 11) is 0. The third-order valence-electron chi connectivity index (χ3n) is 5.86. The van der Waals surface area contributed by atoms with Crippen molar-refractivity contribution in [3.05, 3.63) is 42.1 Å². The lowest BCUT2D eigenvalue weighted by Crippen LogP contribution is -2.30. The minimum absolute atomic E-state index is 0.532. The summed E-state index contributed by atoms with van der Waals surface area (Å²) < 4.78 is 41.9. The lowest BCUT2D eigenvalue weighted by atomic mass is 10.1. The zero-order valence-electron chi connectivity index (χ0n) is 18.8. The van der Waals surface area contributed by atoms with Crippen LogP contribution in [0, 0.1) is 18.8 Å². The second-order valence-electron chi connectivity index (χ2n) is 8.74. The third-order valence-corrected chi connectivity index (χ3v) is 5.86. The Balaban J connectivity index is 0.000000344. The number of aliphatic carboxylic acids is 1. The quantitative estimate of drug-likeness (QED) is 0.541. The Morgan fingerprint density at radius 1 is 1.26 bits per heavy atom. The zero-order valence-corrected chi connectivity index (χ0v) is 18.8. The van der Waals surface area contributed by atoms with Gasteiger partial charge >= 0.3 is 12.1 Å². The van der Waals surface area contributed by atoms with Crippen molar-refractivity contribution in [1.82, 2.24) is 24.1 Å². The summed E-state index contributed by atoms with van der Waals surface area (Å²) in [6, 6.07) is 6.47. The molecule has 9 nitrogen and oxygen atoms in total. The van der Waals surface area contributed by atoms with E-state index in [1.54, 1.807) is 6.33 Å². The number of nitrogens with zero attached hydrogens (tertiary/aromatic N) is 6. The predicted molar refractivity (Wildman–Crippen MR) is 116 cm³/mol. The summed E-state index contributed by atoms with van der Waals surface area (Å²) >= 11 is 0. The Morgan fingerprint density at radius 2 is 2.03 bits per heavy atom. The molecule has 1 atom stereocenters. The molecule has 1 saturated carbocycles. The molecule has 1 fully saturated rings. The van der Waals surface area contributed by atoms with E-state index in [0.717, 1.165) is 56.7 Å². The number of aryl methyl sites for hydroxylation is 1. The summed E-state index contributed by atoms with van der Waals surface area (Å²) in [5.74, 6) is 0.326. The number of hydrogen-bond acceptors (Lipinski definition) is 6. The highest BCUT2D eigenvalue weighted by atomic mass is 19.4. The van der Waals surface area contributed by atoms with Crippen LogP contribution in [0.4, 0.5) is 19.0 Å². The van der Waals surface area contributed by atoms with E-state index in [1.165, 1.54) is 18.5 Å². The highest BCUT2D eigenvalue weighted by Crippen LogP contribution is 2.29. The number of carbonyl (C=O) groups is 1. The highest BCUT2D eigenvalue weighted by molar-refractivity contribution is 5.73. The minimum atomic E-state index is -5.08. The molecule has 184 valence electrons. The van der Waals surface area contributed by atoms with Gasteiger partial charge in [-0.15, -0.1) is 0 Å². The van der Waals surface area contributed by atoms with Gasteiger partial charge in [0.1, 0.15) is 12.1 Å². The molecule has 1 N–H and O–H groups in total. The van der Waals surface area contributed by atoms with E-state index in [4.69, 9.17) is 14.6 Å². The van der Waals surface area contributed by atoms with E-state index in [1.807, 2.05) is 11.4 Å². The van der Waals surface area contributed by atoms with Crippen LogP contribution < -0.4 is 4.90 Å². The van der Waals surface area contributed by atoms with Crippen molar-refractivity contribution in [3.63, 3.8) is 0 Å². The summed E-state index contributed by atoms with van der Waals surface area (Å²) in [4.78, 5) is 20.1. The second kappa shape index (κ2) is 10.00. The van der Waals surface area contributed by atoms with Crippen LogP contribution in [0.25, 0.3) is 5.78 Å². The molecule has 34 heavy (non-hydrogen) atoms. The zero-order chi connectivity index (χ0) is 24.3. The van der Waals surface area contributed by atoms with Crippen LogP contribution >= 0.6 is 0 Å². The molecule has 2 aliphatic rings. The van der Waals surface area contributed by atoms with Gasteiger partial charge in [0.25, 0.3) is 5.78 Å². The molecule has 0 radical (unpaired) electrons. The van der Waals surface area contributed by atoms with E-state index in [0.29, 0.717) is 11.7 Å². The van der Waals surface area contributed by atoms with Gasteiger partial charge in [-0.2, -0.15) is 27.8 Å². The SMILES string of the molecule is Cc1cc(N2Cc3cccn3CC(CCOCC3CC3)C2)n2ncnc2n1.O=C(O)C(F)(F)F. The van der Waals surface area contributed by atoms with Crippen molar-refractivity contribution in [2.24, 2.45) is 11.8 Å². The molecular formula is C22H27F3N6O3. The fraction of sp³-hybridized carbons (Fsp3) is 0.545. The molecule has 5 rings (SSSR count). The van der Waals surface area contributed by atoms with Crippen LogP contribution in [0.5, 0.6) is 0 Å². The molecule has 1 aliphatic heterocycles. The molecular weight excluding hydrogens is 453 g/mol. The van der Waals surface area contributed by atoms with E-state index in [-0.39, 0.29) is 0 Å². The lowest BCUT2D eigenvalue weighted by Gasteiger charge is -2.26. The molecule has 1 aliphatic carbocycles. The number of halogens is 3. The molecule has 0 saturated heterocycles. The molecule has 0 aromatic carbocycles. The number of fused-ring (bicyclic) bond motifs is 2.